The maximum atomic E-state index is 5.80. The Morgan fingerprint density at radius 2 is 2.27 bits per heavy atom. The predicted molar refractivity (Wildman–Crippen MR) is 62.2 cm³/mol. The van der Waals surface area contributed by atoms with E-state index in [0.717, 1.165) is 25.2 Å². The summed E-state index contributed by atoms with van der Waals surface area (Å²) in [7, 11) is 0. The van der Waals surface area contributed by atoms with Gasteiger partial charge in [0.2, 0.25) is 0 Å². The number of hydrogen-bond acceptors (Lipinski definition) is 2. The normalized spacial score (nSPS) is 21.6. The first kappa shape index (κ1) is 10.5. The molecule has 1 aliphatic heterocycles. The first-order valence-electron chi connectivity index (χ1n) is 5.74. The van der Waals surface area contributed by atoms with Gasteiger partial charge in [-0.05, 0) is 43.7 Å². The lowest BCUT2D eigenvalue weighted by atomic mass is 9.88. The van der Waals surface area contributed by atoms with Crippen LogP contribution in [0.25, 0.3) is 0 Å². The van der Waals surface area contributed by atoms with E-state index in [2.05, 4.69) is 25.1 Å². The summed E-state index contributed by atoms with van der Waals surface area (Å²) in [5, 5.41) is 0. The number of rotatable bonds is 3. The molecule has 1 heterocycles. The molecule has 1 aliphatic rings. The SMILES string of the molecule is CC(N)CCC1CCOc2ccccc21. The van der Waals surface area contributed by atoms with Crippen LogP contribution in [0.1, 0.15) is 37.7 Å². The van der Waals surface area contributed by atoms with Crippen LogP contribution < -0.4 is 10.5 Å². The standard InChI is InChI=1S/C13H19NO/c1-10(14)6-7-11-8-9-15-13-5-3-2-4-12(11)13/h2-5,10-11H,6-9,14H2,1H3. The van der Waals surface area contributed by atoms with Crippen LogP contribution in [-0.4, -0.2) is 12.6 Å². The van der Waals surface area contributed by atoms with Gasteiger partial charge in [-0.15, -0.1) is 0 Å². The summed E-state index contributed by atoms with van der Waals surface area (Å²) >= 11 is 0. The monoisotopic (exact) mass is 205 g/mol. The van der Waals surface area contributed by atoms with Gasteiger partial charge in [0, 0.05) is 6.04 Å². The Balaban J connectivity index is 2.08. The highest BCUT2D eigenvalue weighted by Gasteiger charge is 2.20. The molecule has 1 aromatic rings. The van der Waals surface area contributed by atoms with Crippen molar-refractivity contribution in [2.45, 2.75) is 38.1 Å². The van der Waals surface area contributed by atoms with Crippen molar-refractivity contribution < 1.29 is 4.74 Å². The molecule has 0 aromatic heterocycles. The van der Waals surface area contributed by atoms with Gasteiger partial charge in [-0.3, -0.25) is 0 Å². The number of benzene rings is 1. The second-order valence-corrected chi connectivity index (χ2v) is 4.43. The largest absolute Gasteiger partial charge is 0.493 e. The third-order valence-electron chi connectivity index (χ3n) is 3.05. The fourth-order valence-corrected chi connectivity index (χ4v) is 2.18. The van der Waals surface area contributed by atoms with Crippen LogP contribution >= 0.6 is 0 Å². The minimum Gasteiger partial charge on any atom is -0.493 e. The fraction of sp³-hybridized carbons (Fsp3) is 0.538. The first-order chi connectivity index (χ1) is 7.27. The molecule has 2 N–H and O–H groups in total. The van der Waals surface area contributed by atoms with Crippen LogP contribution in [0.5, 0.6) is 5.75 Å². The molecule has 0 saturated heterocycles. The van der Waals surface area contributed by atoms with Gasteiger partial charge in [-0.25, -0.2) is 0 Å². The maximum absolute atomic E-state index is 5.80. The minimum atomic E-state index is 0.306. The molecule has 0 fully saturated rings. The van der Waals surface area contributed by atoms with Crippen molar-refractivity contribution in [2.24, 2.45) is 5.73 Å². The molecular formula is C13H19NO. The van der Waals surface area contributed by atoms with E-state index >= 15 is 0 Å². The quantitative estimate of drug-likeness (QED) is 0.823. The van der Waals surface area contributed by atoms with Crippen LogP contribution in [0.3, 0.4) is 0 Å². The summed E-state index contributed by atoms with van der Waals surface area (Å²) in [5.74, 6) is 1.71. The third-order valence-corrected chi connectivity index (χ3v) is 3.05. The Bertz CT molecular complexity index is 322. The zero-order valence-electron chi connectivity index (χ0n) is 9.28. The Morgan fingerprint density at radius 3 is 3.07 bits per heavy atom. The molecular weight excluding hydrogens is 186 g/mol. The lowest BCUT2D eigenvalue weighted by Crippen LogP contribution is -2.19. The van der Waals surface area contributed by atoms with Crippen LogP contribution in [0.2, 0.25) is 0 Å². The lowest BCUT2D eigenvalue weighted by Gasteiger charge is -2.26. The van der Waals surface area contributed by atoms with Gasteiger partial charge in [-0.1, -0.05) is 18.2 Å². The van der Waals surface area contributed by atoms with E-state index in [-0.39, 0.29) is 0 Å². The smallest absolute Gasteiger partial charge is 0.122 e. The van der Waals surface area contributed by atoms with Crippen molar-refractivity contribution in [3.8, 4) is 5.75 Å². The van der Waals surface area contributed by atoms with Gasteiger partial charge in [0.15, 0.2) is 0 Å². The van der Waals surface area contributed by atoms with E-state index in [0.29, 0.717) is 12.0 Å². The summed E-state index contributed by atoms with van der Waals surface area (Å²) in [6, 6.07) is 8.67. The average Bonchev–Trinajstić information content (AvgIpc) is 2.26. The van der Waals surface area contributed by atoms with Gasteiger partial charge in [0.05, 0.1) is 6.61 Å². The zero-order valence-corrected chi connectivity index (χ0v) is 9.28. The van der Waals surface area contributed by atoms with Gasteiger partial charge in [-0.2, -0.15) is 0 Å². The van der Waals surface area contributed by atoms with Crippen molar-refractivity contribution >= 4 is 0 Å². The summed E-state index contributed by atoms with van der Waals surface area (Å²) in [6.07, 6.45) is 3.40. The molecule has 15 heavy (non-hydrogen) atoms. The number of fused-ring (bicyclic) bond motifs is 1. The highest BCUT2D eigenvalue weighted by molar-refractivity contribution is 5.37. The molecule has 2 heteroatoms. The molecule has 2 nitrogen and oxygen atoms in total. The molecule has 0 saturated carbocycles. The number of nitrogens with two attached hydrogens (primary N) is 1. The Morgan fingerprint density at radius 1 is 1.47 bits per heavy atom. The third kappa shape index (κ3) is 2.51. The number of ether oxygens (including phenoxy) is 1. The Kier molecular flexibility index (Phi) is 3.27. The summed E-state index contributed by atoms with van der Waals surface area (Å²) in [6.45, 7) is 2.92. The van der Waals surface area contributed by atoms with Crippen molar-refractivity contribution in [1.29, 1.82) is 0 Å². The molecule has 0 bridgehead atoms. The van der Waals surface area contributed by atoms with Crippen LogP contribution in [0, 0.1) is 0 Å². The van der Waals surface area contributed by atoms with Crippen LogP contribution in [0.15, 0.2) is 24.3 Å². The molecule has 0 amide bonds. The average molecular weight is 205 g/mol. The molecule has 0 radical (unpaired) electrons. The van der Waals surface area contributed by atoms with E-state index < -0.39 is 0 Å². The second-order valence-electron chi connectivity index (χ2n) is 4.43. The van der Waals surface area contributed by atoms with Gasteiger partial charge >= 0.3 is 0 Å². The maximum Gasteiger partial charge on any atom is 0.122 e. The summed E-state index contributed by atoms with van der Waals surface area (Å²) in [5.41, 5.74) is 7.16. The topological polar surface area (TPSA) is 35.2 Å². The minimum absolute atomic E-state index is 0.306. The molecule has 2 unspecified atom stereocenters. The highest BCUT2D eigenvalue weighted by Crippen LogP contribution is 2.36. The van der Waals surface area contributed by atoms with Crippen molar-refractivity contribution in [3.63, 3.8) is 0 Å². The van der Waals surface area contributed by atoms with Crippen molar-refractivity contribution in [1.82, 2.24) is 0 Å². The fourth-order valence-electron chi connectivity index (χ4n) is 2.18. The van der Waals surface area contributed by atoms with E-state index in [1.807, 2.05) is 6.07 Å². The van der Waals surface area contributed by atoms with Gasteiger partial charge < -0.3 is 10.5 Å². The van der Waals surface area contributed by atoms with E-state index in [4.69, 9.17) is 10.5 Å². The van der Waals surface area contributed by atoms with Crippen molar-refractivity contribution in [3.05, 3.63) is 29.8 Å². The number of para-hydroxylation sites is 1. The lowest BCUT2D eigenvalue weighted by molar-refractivity contribution is 0.260. The highest BCUT2D eigenvalue weighted by atomic mass is 16.5. The van der Waals surface area contributed by atoms with Gasteiger partial charge in [0.1, 0.15) is 5.75 Å². The van der Waals surface area contributed by atoms with E-state index in [9.17, 15) is 0 Å². The molecule has 82 valence electrons. The van der Waals surface area contributed by atoms with Crippen molar-refractivity contribution in [2.75, 3.05) is 6.61 Å². The zero-order chi connectivity index (χ0) is 10.7. The first-order valence-corrected chi connectivity index (χ1v) is 5.74. The molecule has 0 spiro atoms. The summed E-state index contributed by atoms with van der Waals surface area (Å²) in [4.78, 5) is 0. The summed E-state index contributed by atoms with van der Waals surface area (Å²) < 4.78 is 5.63. The van der Waals surface area contributed by atoms with Crippen LogP contribution in [-0.2, 0) is 0 Å². The van der Waals surface area contributed by atoms with E-state index in [1.54, 1.807) is 0 Å². The Labute approximate surface area is 91.4 Å². The second kappa shape index (κ2) is 4.67. The van der Waals surface area contributed by atoms with Gasteiger partial charge in [0.25, 0.3) is 0 Å². The number of hydrogen-bond donors (Lipinski definition) is 1. The van der Waals surface area contributed by atoms with Crippen LogP contribution in [0.4, 0.5) is 0 Å². The molecule has 1 aromatic carbocycles. The molecule has 2 atom stereocenters. The predicted octanol–water partition coefficient (Wildman–Crippen LogP) is 2.68. The Hall–Kier alpha value is -1.02. The molecule has 0 aliphatic carbocycles. The van der Waals surface area contributed by atoms with E-state index in [1.165, 1.54) is 12.0 Å². The molecule has 2 rings (SSSR count).